The summed E-state index contributed by atoms with van der Waals surface area (Å²) < 4.78 is 13.7. The Morgan fingerprint density at radius 2 is 1.86 bits per heavy atom. The lowest BCUT2D eigenvalue weighted by atomic mass is 9.94. The summed E-state index contributed by atoms with van der Waals surface area (Å²) in [6, 6.07) is 15.4. The molecule has 0 fully saturated rings. The summed E-state index contributed by atoms with van der Waals surface area (Å²) in [5, 5.41) is 21.6. The number of nitrogens with one attached hydrogen (secondary N) is 1. The van der Waals surface area contributed by atoms with Gasteiger partial charge in [-0.3, -0.25) is 0 Å². The molecule has 0 aliphatic rings. The number of benzene rings is 2. The second-order valence-electron chi connectivity index (χ2n) is 5.22. The zero-order valence-corrected chi connectivity index (χ0v) is 11.8. The number of phenols is 1. The summed E-state index contributed by atoms with van der Waals surface area (Å²) in [6.45, 7) is 1.75. The molecule has 0 saturated heterocycles. The number of hydrogen-bond acceptors (Lipinski definition) is 3. The van der Waals surface area contributed by atoms with Crippen LogP contribution in [-0.2, 0) is 6.42 Å². The Morgan fingerprint density at radius 3 is 2.48 bits per heavy atom. The van der Waals surface area contributed by atoms with Crippen molar-refractivity contribution in [2.24, 2.45) is 0 Å². The van der Waals surface area contributed by atoms with E-state index in [4.69, 9.17) is 0 Å². The van der Waals surface area contributed by atoms with Crippen molar-refractivity contribution in [2.75, 3.05) is 5.32 Å². The number of para-hydroxylation sites is 1. The van der Waals surface area contributed by atoms with Crippen LogP contribution in [0.15, 0.2) is 48.5 Å². The number of nitriles is 1. The predicted molar refractivity (Wildman–Crippen MR) is 80.5 cm³/mol. The molecule has 0 amide bonds. The monoisotopic (exact) mass is 284 g/mol. The van der Waals surface area contributed by atoms with Crippen LogP contribution < -0.4 is 5.32 Å². The molecule has 1 unspecified atom stereocenters. The van der Waals surface area contributed by atoms with Crippen LogP contribution in [0.1, 0.15) is 18.9 Å². The van der Waals surface area contributed by atoms with E-state index >= 15 is 0 Å². The molecule has 0 aromatic heterocycles. The molecule has 0 bridgehead atoms. The van der Waals surface area contributed by atoms with Crippen LogP contribution in [0.5, 0.6) is 5.75 Å². The molecular weight excluding hydrogens is 267 g/mol. The highest BCUT2D eigenvalue weighted by Crippen LogP contribution is 2.23. The lowest BCUT2D eigenvalue weighted by molar-refractivity contribution is 0.475. The highest BCUT2D eigenvalue weighted by Gasteiger charge is 2.24. The van der Waals surface area contributed by atoms with Crippen LogP contribution in [-0.4, -0.2) is 10.6 Å². The van der Waals surface area contributed by atoms with Crippen molar-refractivity contribution in [1.82, 2.24) is 0 Å². The van der Waals surface area contributed by atoms with Crippen molar-refractivity contribution in [1.29, 1.82) is 5.26 Å². The van der Waals surface area contributed by atoms with Crippen LogP contribution in [0.3, 0.4) is 0 Å². The predicted octanol–water partition coefficient (Wildman–Crippen LogP) is 3.86. The molecule has 2 N–H and O–H groups in total. The lowest BCUT2D eigenvalue weighted by Gasteiger charge is -2.24. The first-order valence-electron chi connectivity index (χ1n) is 6.74. The third kappa shape index (κ3) is 3.96. The number of nitrogens with zero attached hydrogens (tertiary/aromatic N) is 1. The van der Waals surface area contributed by atoms with E-state index in [-0.39, 0.29) is 11.6 Å². The second kappa shape index (κ2) is 6.27. The molecular formula is C17H17FN2O. The van der Waals surface area contributed by atoms with E-state index in [1.165, 1.54) is 6.07 Å². The van der Waals surface area contributed by atoms with Gasteiger partial charge in [-0.2, -0.15) is 5.26 Å². The number of phenolic OH excluding ortho intramolecular Hbond substituents is 1. The van der Waals surface area contributed by atoms with Crippen molar-refractivity contribution in [3.05, 3.63) is 59.9 Å². The Balaban J connectivity index is 2.06. The van der Waals surface area contributed by atoms with Gasteiger partial charge < -0.3 is 10.4 Å². The maximum absolute atomic E-state index is 13.7. The van der Waals surface area contributed by atoms with Gasteiger partial charge in [-0.15, -0.1) is 0 Å². The first-order valence-corrected chi connectivity index (χ1v) is 6.74. The Kier molecular flexibility index (Phi) is 4.44. The molecule has 0 heterocycles. The third-order valence-electron chi connectivity index (χ3n) is 3.38. The number of rotatable bonds is 5. The number of anilines is 1. The first-order chi connectivity index (χ1) is 10.0. The molecule has 2 aromatic carbocycles. The van der Waals surface area contributed by atoms with Gasteiger partial charge in [0.25, 0.3) is 0 Å². The van der Waals surface area contributed by atoms with Crippen LogP contribution in [0, 0.1) is 17.1 Å². The summed E-state index contributed by atoms with van der Waals surface area (Å²) in [5.74, 6) is -0.158. The average molecular weight is 284 g/mol. The van der Waals surface area contributed by atoms with Gasteiger partial charge in [0.2, 0.25) is 0 Å². The average Bonchev–Trinajstić information content (AvgIpc) is 2.49. The highest BCUT2D eigenvalue weighted by atomic mass is 19.1. The maximum Gasteiger partial charge on any atom is 0.146 e. The van der Waals surface area contributed by atoms with E-state index in [0.717, 1.165) is 5.56 Å². The Bertz CT molecular complexity index is 649. The van der Waals surface area contributed by atoms with E-state index < -0.39 is 5.54 Å². The van der Waals surface area contributed by atoms with Crippen LogP contribution >= 0.6 is 0 Å². The summed E-state index contributed by atoms with van der Waals surface area (Å²) in [7, 11) is 0. The number of halogens is 1. The molecule has 0 radical (unpaired) electrons. The summed E-state index contributed by atoms with van der Waals surface area (Å²) in [5.41, 5.74) is 0.483. The molecule has 2 aromatic rings. The minimum Gasteiger partial charge on any atom is -0.508 e. The Hall–Kier alpha value is -2.54. The van der Waals surface area contributed by atoms with Crippen LogP contribution in [0.25, 0.3) is 0 Å². The minimum atomic E-state index is -0.861. The van der Waals surface area contributed by atoms with Crippen molar-refractivity contribution < 1.29 is 9.50 Å². The Morgan fingerprint density at radius 1 is 1.19 bits per heavy atom. The van der Waals surface area contributed by atoms with Gasteiger partial charge >= 0.3 is 0 Å². The number of aryl methyl sites for hydroxylation is 1. The SMILES string of the molecule is CC(C#N)(CCc1ccc(O)cc1)Nc1ccccc1F. The topological polar surface area (TPSA) is 56.0 Å². The molecule has 0 aliphatic carbocycles. The third-order valence-corrected chi connectivity index (χ3v) is 3.38. The van der Waals surface area contributed by atoms with Crippen LogP contribution in [0.4, 0.5) is 10.1 Å². The fourth-order valence-electron chi connectivity index (χ4n) is 2.06. The van der Waals surface area contributed by atoms with Gasteiger partial charge in [-0.05, 0) is 49.6 Å². The molecule has 4 heteroatoms. The minimum absolute atomic E-state index is 0.214. The van der Waals surface area contributed by atoms with Crippen molar-refractivity contribution in [3.8, 4) is 11.8 Å². The molecule has 3 nitrogen and oxygen atoms in total. The molecule has 2 rings (SSSR count). The quantitative estimate of drug-likeness (QED) is 0.876. The van der Waals surface area contributed by atoms with Crippen molar-refractivity contribution in [3.63, 3.8) is 0 Å². The fraction of sp³-hybridized carbons (Fsp3) is 0.235. The first kappa shape index (κ1) is 14.9. The molecule has 108 valence electrons. The highest BCUT2D eigenvalue weighted by molar-refractivity contribution is 5.48. The van der Waals surface area contributed by atoms with E-state index in [1.54, 1.807) is 37.3 Å². The number of hydrogen-bond donors (Lipinski definition) is 2. The zero-order chi connectivity index (χ0) is 15.3. The van der Waals surface area contributed by atoms with E-state index in [9.17, 15) is 14.8 Å². The van der Waals surface area contributed by atoms with Gasteiger partial charge in [-0.1, -0.05) is 24.3 Å². The largest absolute Gasteiger partial charge is 0.508 e. The molecule has 0 aliphatic heterocycles. The summed E-state index contributed by atoms with van der Waals surface area (Å²) >= 11 is 0. The smallest absolute Gasteiger partial charge is 0.146 e. The van der Waals surface area contributed by atoms with Gasteiger partial charge in [0.1, 0.15) is 17.1 Å². The van der Waals surface area contributed by atoms with Gasteiger partial charge in [0.05, 0.1) is 11.8 Å². The fourth-order valence-corrected chi connectivity index (χ4v) is 2.06. The molecule has 0 saturated carbocycles. The van der Waals surface area contributed by atoms with Gasteiger partial charge in [0.15, 0.2) is 0 Å². The molecule has 1 atom stereocenters. The van der Waals surface area contributed by atoms with Crippen molar-refractivity contribution >= 4 is 5.69 Å². The van der Waals surface area contributed by atoms with E-state index in [0.29, 0.717) is 18.5 Å². The molecule has 21 heavy (non-hydrogen) atoms. The van der Waals surface area contributed by atoms with E-state index in [1.807, 2.05) is 12.1 Å². The van der Waals surface area contributed by atoms with E-state index in [2.05, 4.69) is 11.4 Å². The standard InChI is InChI=1S/C17H17FN2O/c1-17(12-19,20-16-5-3-2-4-15(16)18)11-10-13-6-8-14(21)9-7-13/h2-9,20-21H,10-11H2,1H3. The maximum atomic E-state index is 13.7. The number of aromatic hydroxyl groups is 1. The van der Waals surface area contributed by atoms with Crippen LogP contribution in [0.2, 0.25) is 0 Å². The summed E-state index contributed by atoms with van der Waals surface area (Å²) in [4.78, 5) is 0. The summed E-state index contributed by atoms with van der Waals surface area (Å²) in [6.07, 6.45) is 1.19. The molecule has 0 spiro atoms. The normalized spacial score (nSPS) is 13.2. The van der Waals surface area contributed by atoms with Gasteiger partial charge in [-0.25, -0.2) is 4.39 Å². The second-order valence-corrected chi connectivity index (χ2v) is 5.22. The lowest BCUT2D eigenvalue weighted by Crippen LogP contribution is -2.33. The Labute approximate surface area is 123 Å². The van der Waals surface area contributed by atoms with Crippen molar-refractivity contribution in [2.45, 2.75) is 25.3 Å². The van der Waals surface area contributed by atoms with Gasteiger partial charge in [0, 0.05) is 0 Å². The zero-order valence-electron chi connectivity index (χ0n) is 11.8.